The maximum absolute atomic E-state index is 12.6. The lowest BCUT2D eigenvalue weighted by Gasteiger charge is -2.10. The molecule has 0 aliphatic carbocycles. The molecule has 0 spiro atoms. The van der Waals surface area contributed by atoms with Crippen molar-refractivity contribution in [3.63, 3.8) is 0 Å². The van der Waals surface area contributed by atoms with E-state index in [4.69, 9.17) is 0 Å². The first kappa shape index (κ1) is 23.1. The van der Waals surface area contributed by atoms with E-state index in [1.807, 2.05) is 0 Å². The van der Waals surface area contributed by atoms with Gasteiger partial charge in [-0.1, -0.05) is 6.07 Å². The number of carbonyl (C=O) groups is 2. The van der Waals surface area contributed by atoms with Crippen molar-refractivity contribution in [2.75, 3.05) is 5.75 Å². The van der Waals surface area contributed by atoms with Gasteiger partial charge in [0.1, 0.15) is 5.75 Å². The molecule has 162 valence electrons. The van der Waals surface area contributed by atoms with E-state index in [0.29, 0.717) is 18.2 Å². The second-order valence-corrected chi connectivity index (χ2v) is 7.66. The molecule has 0 aliphatic rings. The van der Waals surface area contributed by atoms with E-state index in [2.05, 4.69) is 4.98 Å². The summed E-state index contributed by atoms with van der Waals surface area (Å²) in [5.74, 6) is -3.73. The molecule has 0 aliphatic heterocycles. The average Bonchev–Trinajstić information content (AvgIpc) is 2.64. The molecule has 14 heteroatoms. The van der Waals surface area contributed by atoms with Crippen molar-refractivity contribution in [1.82, 2.24) is 15.8 Å². The minimum atomic E-state index is -4.74. The van der Waals surface area contributed by atoms with Gasteiger partial charge in [0.05, 0.1) is 11.1 Å². The molecule has 0 bridgehead atoms. The lowest BCUT2D eigenvalue weighted by Crippen LogP contribution is -2.44. The van der Waals surface area contributed by atoms with Gasteiger partial charge in [-0.05, 0) is 30.3 Å². The third-order valence-electron chi connectivity index (χ3n) is 3.47. The van der Waals surface area contributed by atoms with Gasteiger partial charge < -0.3 is 0 Å². The molecule has 2 amide bonds. The van der Waals surface area contributed by atoms with Crippen LogP contribution in [0.1, 0.15) is 21.5 Å². The minimum Gasteiger partial charge on any atom is -0.272 e. The maximum Gasteiger partial charge on any atom is 0.417 e. The average molecular weight is 455 g/mol. The fraction of sp³-hybridized carbons (Fsp3) is 0.188. The number of hydrogen-bond donors (Lipinski definition) is 2. The molecule has 0 radical (unpaired) electrons. The van der Waals surface area contributed by atoms with Crippen LogP contribution in [-0.4, -0.2) is 31.0 Å². The first-order valence-electron chi connectivity index (χ1n) is 7.72. The van der Waals surface area contributed by atoms with Gasteiger partial charge in [0.25, 0.3) is 11.8 Å². The van der Waals surface area contributed by atoms with Gasteiger partial charge in [0, 0.05) is 11.8 Å². The summed E-state index contributed by atoms with van der Waals surface area (Å²) >= 11 is 0. The molecule has 7 nitrogen and oxygen atoms in total. The Kier molecular flexibility index (Phi) is 6.39. The Morgan fingerprint density at radius 3 is 2.07 bits per heavy atom. The fourth-order valence-electron chi connectivity index (χ4n) is 2.05. The van der Waals surface area contributed by atoms with Gasteiger partial charge in [0.15, 0.2) is 5.03 Å². The number of pyridine rings is 1. The number of benzene rings is 1. The molecule has 2 rings (SSSR count). The van der Waals surface area contributed by atoms with E-state index in [0.717, 1.165) is 18.2 Å². The van der Waals surface area contributed by atoms with Crippen LogP contribution < -0.4 is 10.9 Å². The molecule has 2 aromatic rings. The molecule has 1 aromatic heterocycles. The number of halogens is 6. The summed E-state index contributed by atoms with van der Waals surface area (Å²) in [4.78, 5) is 26.7. The highest BCUT2D eigenvalue weighted by molar-refractivity contribution is 7.92. The second kappa shape index (κ2) is 8.30. The van der Waals surface area contributed by atoms with Crippen molar-refractivity contribution in [2.45, 2.75) is 17.4 Å². The summed E-state index contributed by atoms with van der Waals surface area (Å²) in [6, 6.07) is 4.25. The highest BCUT2D eigenvalue weighted by Crippen LogP contribution is 2.30. The summed E-state index contributed by atoms with van der Waals surface area (Å²) < 4.78 is 99.4. The Morgan fingerprint density at radius 2 is 1.53 bits per heavy atom. The van der Waals surface area contributed by atoms with E-state index in [9.17, 15) is 44.3 Å². The van der Waals surface area contributed by atoms with Crippen LogP contribution in [0.3, 0.4) is 0 Å². The summed E-state index contributed by atoms with van der Waals surface area (Å²) in [6.45, 7) is 0. The number of hydrazine groups is 1. The number of rotatable bonds is 4. The zero-order valence-electron chi connectivity index (χ0n) is 14.5. The molecule has 0 saturated carbocycles. The van der Waals surface area contributed by atoms with Crippen molar-refractivity contribution in [3.05, 3.63) is 59.3 Å². The predicted molar refractivity (Wildman–Crippen MR) is 88.3 cm³/mol. The van der Waals surface area contributed by atoms with E-state index in [-0.39, 0.29) is 6.20 Å². The highest BCUT2D eigenvalue weighted by atomic mass is 32.2. The molecule has 0 fully saturated rings. The zero-order chi connectivity index (χ0) is 22.7. The first-order valence-corrected chi connectivity index (χ1v) is 9.38. The van der Waals surface area contributed by atoms with Crippen LogP contribution in [0.4, 0.5) is 26.3 Å². The van der Waals surface area contributed by atoms with Crippen LogP contribution in [0.2, 0.25) is 0 Å². The normalized spacial score (nSPS) is 12.3. The number of amides is 2. The first-order chi connectivity index (χ1) is 13.7. The Morgan fingerprint density at radius 1 is 0.900 bits per heavy atom. The molecular formula is C16H11F6N3O4S. The number of sulfone groups is 1. The van der Waals surface area contributed by atoms with E-state index < -0.39 is 61.5 Å². The molecular weight excluding hydrogens is 444 g/mol. The number of nitrogens with zero attached hydrogens (tertiary/aromatic N) is 1. The van der Waals surface area contributed by atoms with Gasteiger partial charge >= 0.3 is 12.4 Å². The molecule has 0 atom stereocenters. The standard InChI is InChI=1S/C16H11F6N3O4S/c17-15(18,19)10-3-1-2-9(6-10)14(27)25-24-12(26)8-30(28,29)13-5-4-11(7-23-13)16(20,21)22/h1-7H,8H2,(H,24,26)(H,25,27). The van der Waals surface area contributed by atoms with Crippen LogP contribution >= 0.6 is 0 Å². The topological polar surface area (TPSA) is 105 Å². The Hall–Kier alpha value is -3.16. The van der Waals surface area contributed by atoms with Crippen LogP contribution in [0.15, 0.2) is 47.6 Å². The van der Waals surface area contributed by atoms with Crippen LogP contribution in [0.5, 0.6) is 0 Å². The molecule has 0 unspecified atom stereocenters. The van der Waals surface area contributed by atoms with E-state index >= 15 is 0 Å². The number of hydrogen-bond acceptors (Lipinski definition) is 5. The summed E-state index contributed by atoms with van der Waals surface area (Å²) in [6.07, 6.45) is -9.16. The predicted octanol–water partition coefficient (Wildman–Crippen LogP) is 2.35. The Labute approximate surface area is 165 Å². The van der Waals surface area contributed by atoms with Crippen molar-refractivity contribution >= 4 is 21.7 Å². The lowest BCUT2D eigenvalue weighted by atomic mass is 10.1. The van der Waals surface area contributed by atoms with Crippen LogP contribution in [0, 0.1) is 0 Å². The summed E-state index contributed by atoms with van der Waals surface area (Å²) in [7, 11) is -4.45. The number of carbonyl (C=O) groups excluding carboxylic acids is 2. The maximum atomic E-state index is 12.6. The zero-order valence-corrected chi connectivity index (χ0v) is 15.3. The van der Waals surface area contributed by atoms with Crippen LogP contribution in [0.25, 0.3) is 0 Å². The monoisotopic (exact) mass is 455 g/mol. The lowest BCUT2D eigenvalue weighted by molar-refractivity contribution is -0.138. The van der Waals surface area contributed by atoms with Crippen LogP contribution in [-0.2, 0) is 27.0 Å². The van der Waals surface area contributed by atoms with Gasteiger partial charge in [-0.25, -0.2) is 13.4 Å². The van der Waals surface area contributed by atoms with Crippen molar-refractivity contribution < 1.29 is 44.3 Å². The largest absolute Gasteiger partial charge is 0.417 e. The van der Waals surface area contributed by atoms with Gasteiger partial charge in [0.2, 0.25) is 9.84 Å². The Balaban J connectivity index is 2.01. The SMILES string of the molecule is O=C(CS(=O)(=O)c1ccc(C(F)(F)F)cn1)NNC(=O)c1cccc(C(F)(F)F)c1. The van der Waals surface area contributed by atoms with E-state index in [1.54, 1.807) is 10.9 Å². The summed E-state index contributed by atoms with van der Waals surface area (Å²) in [5, 5.41) is -0.810. The highest BCUT2D eigenvalue weighted by Gasteiger charge is 2.32. The quantitative estimate of drug-likeness (QED) is 0.544. The minimum absolute atomic E-state index is 0.278. The number of alkyl halides is 6. The summed E-state index contributed by atoms with van der Waals surface area (Å²) in [5.41, 5.74) is 0.666. The van der Waals surface area contributed by atoms with Crippen molar-refractivity contribution in [3.8, 4) is 0 Å². The van der Waals surface area contributed by atoms with Gasteiger partial charge in [-0.2, -0.15) is 26.3 Å². The van der Waals surface area contributed by atoms with Crippen molar-refractivity contribution in [1.29, 1.82) is 0 Å². The molecule has 30 heavy (non-hydrogen) atoms. The van der Waals surface area contributed by atoms with Gasteiger partial charge in [-0.15, -0.1) is 0 Å². The smallest absolute Gasteiger partial charge is 0.272 e. The third kappa shape index (κ3) is 5.92. The van der Waals surface area contributed by atoms with Gasteiger partial charge in [-0.3, -0.25) is 20.4 Å². The van der Waals surface area contributed by atoms with E-state index in [1.165, 1.54) is 0 Å². The fourth-order valence-corrected chi connectivity index (χ4v) is 3.10. The number of aromatic nitrogens is 1. The molecule has 1 aromatic carbocycles. The molecule has 2 N–H and O–H groups in total. The van der Waals surface area contributed by atoms with Crippen molar-refractivity contribution in [2.24, 2.45) is 0 Å². The molecule has 0 saturated heterocycles. The second-order valence-electron chi connectivity index (χ2n) is 5.72. The Bertz CT molecular complexity index is 1050. The molecule has 1 heterocycles. The number of nitrogens with one attached hydrogen (secondary N) is 2. The third-order valence-corrected chi connectivity index (χ3v) is 4.99.